The molecule has 1 N–H and O–H groups in total. The maximum Gasteiger partial charge on any atom is 0.228 e. The molecular weight excluding hydrogens is 346 g/mol. The van der Waals surface area contributed by atoms with Crippen LogP contribution in [-0.2, 0) is 4.79 Å². The Labute approximate surface area is 166 Å². The monoisotopic (exact) mass is 371 g/mol. The van der Waals surface area contributed by atoms with Crippen LogP contribution in [0.3, 0.4) is 0 Å². The third-order valence-electron chi connectivity index (χ3n) is 4.82. The summed E-state index contributed by atoms with van der Waals surface area (Å²) in [5.41, 5.74) is 5.13. The predicted octanol–water partition coefficient (Wildman–Crippen LogP) is 4.98. The molecule has 0 radical (unpaired) electrons. The number of nitriles is 1. The average Bonchev–Trinajstić information content (AvgIpc) is 2.69. The van der Waals surface area contributed by atoms with Gasteiger partial charge in [-0.05, 0) is 54.2 Å². The van der Waals surface area contributed by atoms with Gasteiger partial charge in [-0.15, -0.1) is 0 Å². The summed E-state index contributed by atoms with van der Waals surface area (Å²) >= 11 is 0. The van der Waals surface area contributed by atoms with E-state index in [4.69, 9.17) is 5.26 Å². The van der Waals surface area contributed by atoms with Gasteiger partial charge in [0.25, 0.3) is 0 Å². The Kier molecular flexibility index (Phi) is 6.06. The van der Waals surface area contributed by atoms with Crippen molar-refractivity contribution in [3.8, 4) is 17.2 Å². The number of rotatable bonds is 6. The van der Waals surface area contributed by atoms with Crippen LogP contribution in [0.4, 0.5) is 0 Å². The first-order valence-electron chi connectivity index (χ1n) is 9.60. The summed E-state index contributed by atoms with van der Waals surface area (Å²) in [5, 5.41) is 12.6. The van der Waals surface area contributed by atoms with Crippen LogP contribution in [0.2, 0.25) is 0 Å². The molecule has 1 aromatic heterocycles. The van der Waals surface area contributed by atoms with Crippen molar-refractivity contribution in [3.05, 3.63) is 65.9 Å². The molecule has 1 atom stereocenters. The topological polar surface area (TPSA) is 65.8 Å². The van der Waals surface area contributed by atoms with Crippen LogP contribution in [0, 0.1) is 24.2 Å². The molecule has 0 saturated carbocycles. The number of aryl methyl sites for hydroxylation is 1. The lowest BCUT2D eigenvalue weighted by atomic mass is 9.88. The quantitative estimate of drug-likeness (QED) is 0.622. The molecule has 1 amide bonds. The van der Waals surface area contributed by atoms with E-state index in [1.165, 1.54) is 0 Å². The number of pyridine rings is 1. The smallest absolute Gasteiger partial charge is 0.228 e. The number of hydrogen-bond donors (Lipinski definition) is 1. The van der Waals surface area contributed by atoms with E-state index >= 15 is 0 Å². The fourth-order valence-corrected chi connectivity index (χ4v) is 3.46. The minimum atomic E-state index is -0.266. The van der Waals surface area contributed by atoms with Gasteiger partial charge in [0.05, 0.1) is 17.5 Å². The van der Waals surface area contributed by atoms with Crippen LogP contribution < -0.4 is 5.32 Å². The van der Waals surface area contributed by atoms with E-state index in [2.05, 4.69) is 54.5 Å². The van der Waals surface area contributed by atoms with E-state index in [9.17, 15) is 4.79 Å². The van der Waals surface area contributed by atoms with Gasteiger partial charge in [-0.2, -0.15) is 5.26 Å². The van der Waals surface area contributed by atoms with Crippen LogP contribution in [0.25, 0.3) is 22.0 Å². The Morgan fingerprint density at radius 2 is 1.89 bits per heavy atom. The van der Waals surface area contributed by atoms with Crippen molar-refractivity contribution in [2.45, 2.75) is 33.1 Å². The summed E-state index contributed by atoms with van der Waals surface area (Å²) in [4.78, 5) is 17.2. The van der Waals surface area contributed by atoms with Crippen molar-refractivity contribution < 1.29 is 4.79 Å². The summed E-state index contributed by atoms with van der Waals surface area (Å²) < 4.78 is 0. The highest BCUT2D eigenvalue weighted by atomic mass is 16.1. The van der Waals surface area contributed by atoms with Gasteiger partial charge in [0.15, 0.2) is 0 Å². The van der Waals surface area contributed by atoms with Crippen LogP contribution >= 0.6 is 0 Å². The molecule has 0 aliphatic heterocycles. The fourth-order valence-electron chi connectivity index (χ4n) is 3.46. The second-order valence-corrected chi connectivity index (χ2v) is 7.54. The van der Waals surface area contributed by atoms with Crippen molar-refractivity contribution >= 4 is 16.8 Å². The predicted molar refractivity (Wildman–Crippen MR) is 113 cm³/mol. The van der Waals surface area contributed by atoms with Crippen molar-refractivity contribution in [2.24, 2.45) is 5.92 Å². The lowest BCUT2D eigenvalue weighted by molar-refractivity contribution is -0.122. The summed E-state index contributed by atoms with van der Waals surface area (Å²) in [6, 6.07) is 20.5. The third kappa shape index (κ3) is 4.55. The normalized spacial score (nSPS) is 12.0. The SMILES string of the molecule is Cc1ccc2cc(-c3cccc(C(CC(C)C)C(=O)NCC#N)c3)ccc2n1. The molecule has 142 valence electrons. The second kappa shape index (κ2) is 8.67. The minimum absolute atomic E-state index is 0.0320. The van der Waals surface area contributed by atoms with Gasteiger partial charge in [0.2, 0.25) is 5.91 Å². The molecule has 1 unspecified atom stereocenters. The molecule has 0 saturated heterocycles. The molecule has 4 nitrogen and oxygen atoms in total. The van der Waals surface area contributed by atoms with Crippen molar-refractivity contribution in [1.29, 1.82) is 5.26 Å². The van der Waals surface area contributed by atoms with Crippen molar-refractivity contribution in [1.82, 2.24) is 10.3 Å². The molecule has 1 heterocycles. The molecule has 3 rings (SSSR count). The Hall–Kier alpha value is -3.19. The number of hydrogen-bond acceptors (Lipinski definition) is 3. The van der Waals surface area contributed by atoms with Crippen molar-refractivity contribution in [3.63, 3.8) is 0 Å². The Bertz CT molecular complexity index is 1030. The number of fused-ring (bicyclic) bond motifs is 1. The Morgan fingerprint density at radius 3 is 2.64 bits per heavy atom. The zero-order valence-electron chi connectivity index (χ0n) is 16.6. The summed E-state index contributed by atoms with van der Waals surface area (Å²) in [6.07, 6.45) is 0.738. The number of carbonyl (C=O) groups is 1. The van der Waals surface area contributed by atoms with E-state index in [1.54, 1.807) is 0 Å². The van der Waals surface area contributed by atoms with E-state index in [1.807, 2.05) is 37.3 Å². The molecular formula is C24H25N3O. The standard InChI is InChI=1S/C24H25N3O/c1-16(2)13-22(24(28)26-12-11-25)20-6-4-5-18(14-20)19-9-10-23-21(15-19)8-7-17(3)27-23/h4-10,14-16,22H,12-13H2,1-3H3,(H,26,28). The molecule has 28 heavy (non-hydrogen) atoms. The van der Waals surface area contributed by atoms with Gasteiger partial charge in [0, 0.05) is 11.1 Å². The average molecular weight is 371 g/mol. The zero-order valence-corrected chi connectivity index (χ0v) is 16.6. The van der Waals surface area contributed by atoms with Crippen molar-refractivity contribution in [2.75, 3.05) is 6.54 Å². The van der Waals surface area contributed by atoms with E-state index in [0.29, 0.717) is 5.92 Å². The lowest BCUT2D eigenvalue weighted by Gasteiger charge is -2.19. The second-order valence-electron chi connectivity index (χ2n) is 7.54. The molecule has 0 fully saturated rings. The molecule has 0 bridgehead atoms. The van der Waals surface area contributed by atoms with Crippen LogP contribution in [-0.4, -0.2) is 17.4 Å². The molecule has 2 aromatic carbocycles. The summed E-state index contributed by atoms with van der Waals surface area (Å²) in [7, 11) is 0. The van der Waals surface area contributed by atoms with E-state index in [0.717, 1.165) is 39.7 Å². The number of nitrogens with zero attached hydrogens (tertiary/aromatic N) is 2. The van der Waals surface area contributed by atoms with Gasteiger partial charge in [-0.3, -0.25) is 9.78 Å². The summed E-state index contributed by atoms with van der Waals surface area (Å²) in [5.74, 6) is 0.0140. The highest BCUT2D eigenvalue weighted by molar-refractivity contribution is 5.86. The highest BCUT2D eigenvalue weighted by Gasteiger charge is 2.22. The van der Waals surface area contributed by atoms with Gasteiger partial charge in [0.1, 0.15) is 6.54 Å². The molecule has 0 aliphatic rings. The van der Waals surface area contributed by atoms with Gasteiger partial charge >= 0.3 is 0 Å². The largest absolute Gasteiger partial charge is 0.342 e. The number of aromatic nitrogens is 1. The Balaban J connectivity index is 1.96. The minimum Gasteiger partial charge on any atom is -0.342 e. The van der Waals surface area contributed by atoms with Gasteiger partial charge < -0.3 is 5.32 Å². The maximum atomic E-state index is 12.6. The first kappa shape index (κ1) is 19.6. The summed E-state index contributed by atoms with van der Waals surface area (Å²) in [6.45, 7) is 6.23. The molecule has 0 aliphatic carbocycles. The van der Waals surface area contributed by atoms with E-state index in [-0.39, 0.29) is 18.4 Å². The maximum absolute atomic E-state index is 12.6. The molecule has 3 aromatic rings. The lowest BCUT2D eigenvalue weighted by Crippen LogP contribution is -2.30. The number of amides is 1. The van der Waals surface area contributed by atoms with Gasteiger partial charge in [-0.1, -0.05) is 50.2 Å². The highest BCUT2D eigenvalue weighted by Crippen LogP contribution is 2.30. The molecule has 0 spiro atoms. The first-order valence-corrected chi connectivity index (χ1v) is 9.60. The number of benzene rings is 2. The zero-order chi connectivity index (χ0) is 20.1. The van der Waals surface area contributed by atoms with Crippen LogP contribution in [0.15, 0.2) is 54.6 Å². The number of nitrogens with one attached hydrogen (secondary N) is 1. The fraction of sp³-hybridized carbons (Fsp3) is 0.292. The first-order chi connectivity index (χ1) is 13.5. The third-order valence-corrected chi connectivity index (χ3v) is 4.82. The van der Waals surface area contributed by atoms with E-state index < -0.39 is 0 Å². The van der Waals surface area contributed by atoms with Gasteiger partial charge in [-0.25, -0.2) is 0 Å². The number of carbonyl (C=O) groups excluding carboxylic acids is 1. The van der Waals surface area contributed by atoms with Crippen LogP contribution in [0.1, 0.15) is 37.4 Å². The molecule has 4 heteroatoms. The Morgan fingerprint density at radius 1 is 1.11 bits per heavy atom. The van der Waals surface area contributed by atoms with Crippen LogP contribution in [0.5, 0.6) is 0 Å².